The molecular weight excluding hydrogens is 420 g/mol. The van der Waals surface area contributed by atoms with Crippen LogP contribution in [0.2, 0.25) is 0 Å². The molecule has 0 bridgehead atoms. The summed E-state index contributed by atoms with van der Waals surface area (Å²) in [5.74, 6) is 0.549. The molecule has 1 amide bonds. The van der Waals surface area contributed by atoms with Crippen LogP contribution >= 0.6 is 15.9 Å². The molecule has 0 fully saturated rings. The smallest absolute Gasteiger partial charge is 0.240 e. The number of carbonyl (C=O) groups is 1. The van der Waals surface area contributed by atoms with Gasteiger partial charge >= 0.3 is 0 Å². The van der Waals surface area contributed by atoms with E-state index in [1.54, 1.807) is 18.2 Å². The normalized spacial score (nSPS) is 16.4. The second-order valence-corrected chi connectivity index (χ2v) is 8.58. The Labute approximate surface area is 161 Å². The molecular formula is C18H19BrN2O4S. The number of hydrogen-bond acceptors (Lipinski definition) is 4. The number of ether oxygens (including phenoxy) is 1. The lowest BCUT2D eigenvalue weighted by Gasteiger charge is -2.27. The number of sulfonamides is 1. The van der Waals surface area contributed by atoms with Gasteiger partial charge in [0.05, 0.1) is 17.5 Å². The van der Waals surface area contributed by atoms with Crippen LogP contribution in [0.5, 0.6) is 5.75 Å². The molecule has 0 aromatic heterocycles. The van der Waals surface area contributed by atoms with Gasteiger partial charge in [0.15, 0.2) is 0 Å². The first-order valence-corrected chi connectivity index (χ1v) is 10.5. The molecule has 1 unspecified atom stereocenters. The van der Waals surface area contributed by atoms with Crippen molar-refractivity contribution in [1.29, 1.82) is 0 Å². The average Bonchev–Trinajstić information content (AvgIpc) is 2.63. The topological polar surface area (TPSA) is 84.5 Å². The molecule has 6 nitrogen and oxygen atoms in total. The second-order valence-electron chi connectivity index (χ2n) is 5.90. The fraction of sp³-hybridized carbons (Fsp3) is 0.278. The van der Waals surface area contributed by atoms with Crippen LogP contribution in [0.4, 0.5) is 0 Å². The lowest BCUT2D eigenvalue weighted by Crippen LogP contribution is -2.35. The molecule has 138 valence electrons. The molecule has 0 radical (unpaired) electrons. The fourth-order valence-electron chi connectivity index (χ4n) is 2.76. The maximum absolute atomic E-state index is 12.2. The summed E-state index contributed by atoms with van der Waals surface area (Å²) in [7, 11) is -3.60. The summed E-state index contributed by atoms with van der Waals surface area (Å²) in [5.41, 5.74) is 0.920. The van der Waals surface area contributed by atoms with Crippen molar-refractivity contribution in [3.8, 4) is 5.75 Å². The number of fused-ring (bicyclic) bond motifs is 1. The zero-order chi connectivity index (χ0) is 18.6. The number of carbonyl (C=O) groups excluding carboxylic acids is 1. The number of halogens is 1. The van der Waals surface area contributed by atoms with E-state index in [4.69, 9.17) is 4.74 Å². The molecule has 2 aromatic carbocycles. The molecule has 2 aromatic rings. The van der Waals surface area contributed by atoms with Crippen molar-refractivity contribution >= 4 is 31.9 Å². The van der Waals surface area contributed by atoms with Gasteiger partial charge in [-0.05, 0) is 30.3 Å². The highest BCUT2D eigenvalue weighted by Gasteiger charge is 2.23. The quantitative estimate of drug-likeness (QED) is 0.725. The van der Waals surface area contributed by atoms with E-state index in [1.807, 2.05) is 18.2 Å². The van der Waals surface area contributed by atoms with Crippen LogP contribution in [0.25, 0.3) is 0 Å². The van der Waals surface area contributed by atoms with Gasteiger partial charge in [-0.25, -0.2) is 13.1 Å². The highest BCUT2D eigenvalue weighted by molar-refractivity contribution is 9.10. The molecule has 1 aliphatic rings. The number of amides is 1. The molecule has 1 heterocycles. The van der Waals surface area contributed by atoms with Gasteiger partial charge in [-0.3, -0.25) is 4.79 Å². The highest BCUT2D eigenvalue weighted by atomic mass is 79.9. The third-order valence-corrected chi connectivity index (χ3v) is 6.01. The van der Waals surface area contributed by atoms with Gasteiger partial charge in [0.25, 0.3) is 0 Å². The van der Waals surface area contributed by atoms with Crippen LogP contribution < -0.4 is 14.8 Å². The van der Waals surface area contributed by atoms with Crippen LogP contribution in [0.3, 0.4) is 0 Å². The van der Waals surface area contributed by atoms with Crippen LogP contribution in [-0.2, 0) is 14.8 Å². The first-order valence-electron chi connectivity index (χ1n) is 8.22. The molecule has 26 heavy (non-hydrogen) atoms. The Kier molecular flexibility index (Phi) is 5.95. The van der Waals surface area contributed by atoms with E-state index in [2.05, 4.69) is 26.0 Å². The van der Waals surface area contributed by atoms with Crippen molar-refractivity contribution < 1.29 is 17.9 Å². The molecule has 0 saturated carbocycles. The molecule has 0 spiro atoms. The Hall–Kier alpha value is -1.90. The van der Waals surface area contributed by atoms with E-state index in [0.717, 1.165) is 15.8 Å². The van der Waals surface area contributed by atoms with Crippen LogP contribution in [0, 0.1) is 0 Å². The van der Waals surface area contributed by atoms with Crippen LogP contribution in [0.1, 0.15) is 24.4 Å². The third-order valence-electron chi connectivity index (χ3n) is 4.04. The summed E-state index contributed by atoms with van der Waals surface area (Å²) in [6.45, 7) is 0.567. The fourth-order valence-corrected chi connectivity index (χ4v) is 4.20. The first kappa shape index (κ1) is 18.9. The van der Waals surface area contributed by atoms with E-state index in [-0.39, 0.29) is 29.8 Å². The standard InChI is InChI=1S/C18H19BrN2O4S/c19-13-6-7-17-15(12-13)16(9-11-25-17)21-18(22)8-10-20-26(23,24)14-4-2-1-3-5-14/h1-7,12,16,20H,8-11H2,(H,21,22). The first-order chi connectivity index (χ1) is 12.5. The molecule has 8 heteroatoms. The molecule has 3 rings (SSSR count). The summed E-state index contributed by atoms with van der Waals surface area (Å²) < 4.78 is 33.2. The number of benzene rings is 2. The van der Waals surface area contributed by atoms with Gasteiger partial charge in [-0.2, -0.15) is 0 Å². The van der Waals surface area contributed by atoms with Crippen molar-refractivity contribution in [2.45, 2.75) is 23.8 Å². The molecule has 0 aliphatic carbocycles. The third kappa shape index (κ3) is 4.63. The highest BCUT2D eigenvalue weighted by Crippen LogP contribution is 2.34. The van der Waals surface area contributed by atoms with E-state index >= 15 is 0 Å². The minimum absolute atomic E-state index is 0.0393. The lowest BCUT2D eigenvalue weighted by atomic mass is 10.0. The average molecular weight is 439 g/mol. The second kappa shape index (κ2) is 8.20. The van der Waals surface area contributed by atoms with E-state index < -0.39 is 10.0 Å². The predicted molar refractivity (Wildman–Crippen MR) is 101 cm³/mol. The predicted octanol–water partition coefficient (Wildman–Crippen LogP) is 2.76. The molecule has 1 aliphatic heterocycles. The van der Waals surface area contributed by atoms with E-state index in [9.17, 15) is 13.2 Å². The maximum atomic E-state index is 12.2. The van der Waals surface area contributed by atoms with Crippen molar-refractivity contribution in [3.63, 3.8) is 0 Å². The van der Waals surface area contributed by atoms with Gasteiger partial charge in [0.2, 0.25) is 15.9 Å². The molecule has 1 atom stereocenters. The summed E-state index contributed by atoms with van der Waals surface area (Å²) in [6, 6.07) is 13.6. The summed E-state index contributed by atoms with van der Waals surface area (Å²) in [5, 5.41) is 2.95. The van der Waals surface area contributed by atoms with Gasteiger partial charge < -0.3 is 10.1 Å². The number of rotatable bonds is 6. The number of hydrogen-bond donors (Lipinski definition) is 2. The monoisotopic (exact) mass is 438 g/mol. The Morgan fingerprint density at radius 2 is 1.96 bits per heavy atom. The molecule has 0 saturated heterocycles. The zero-order valence-electron chi connectivity index (χ0n) is 13.9. The molecule has 2 N–H and O–H groups in total. The zero-order valence-corrected chi connectivity index (χ0v) is 16.3. The van der Waals surface area contributed by atoms with Crippen LogP contribution in [0.15, 0.2) is 57.9 Å². The summed E-state index contributed by atoms with van der Waals surface area (Å²) in [6.07, 6.45) is 0.734. The van der Waals surface area contributed by atoms with E-state index in [0.29, 0.717) is 13.0 Å². The number of nitrogens with one attached hydrogen (secondary N) is 2. The lowest BCUT2D eigenvalue weighted by molar-refractivity contribution is -0.121. The van der Waals surface area contributed by atoms with Gasteiger partial charge in [0.1, 0.15) is 5.75 Å². The Morgan fingerprint density at radius 1 is 1.19 bits per heavy atom. The van der Waals surface area contributed by atoms with Crippen molar-refractivity contribution in [2.75, 3.05) is 13.2 Å². The van der Waals surface area contributed by atoms with Crippen molar-refractivity contribution in [3.05, 3.63) is 58.6 Å². The largest absolute Gasteiger partial charge is 0.493 e. The van der Waals surface area contributed by atoms with E-state index in [1.165, 1.54) is 12.1 Å². The summed E-state index contributed by atoms with van der Waals surface area (Å²) >= 11 is 3.43. The van der Waals surface area contributed by atoms with Gasteiger partial charge in [0, 0.05) is 29.4 Å². The van der Waals surface area contributed by atoms with Crippen molar-refractivity contribution in [1.82, 2.24) is 10.0 Å². The minimum atomic E-state index is -3.60. The maximum Gasteiger partial charge on any atom is 0.240 e. The SMILES string of the molecule is O=C(CCNS(=O)(=O)c1ccccc1)NC1CCOc2ccc(Br)cc21. The van der Waals surface area contributed by atoms with Crippen LogP contribution in [-0.4, -0.2) is 27.5 Å². The van der Waals surface area contributed by atoms with Crippen molar-refractivity contribution in [2.24, 2.45) is 0 Å². The Morgan fingerprint density at radius 3 is 2.73 bits per heavy atom. The van der Waals surface area contributed by atoms with Gasteiger partial charge in [-0.1, -0.05) is 34.1 Å². The Bertz CT molecular complexity index is 887. The Balaban J connectivity index is 1.55. The minimum Gasteiger partial charge on any atom is -0.493 e. The summed E-state index contributed by atoms with van der Waals surface area (Å²) in [4.78, 5) is 12.4. The van der Waals surface area contributed by atoms with Gasteiger partial charge in [-0.15, -0.1) is 0 Å².